The number of piperidine rings is 2. The minimum atomic E-state index is 0.0996. The van der Waals surface area contributed by atoms with Gasteiger partial charge in [0, 0.05) is 45.4 Å². The lowest BCUT2D eigenvalue weighted by atomic mass is 10.0. The number of nitrogens with zero attached hydrogens (tertiary/aromatic N) is 2. The maximum atomic E-state index is 12.6. The van der Waals surface area contributed by atoms with Crippen molar-refractivity contribution in [2.45, 2.75) is 57.6 Å². The van der Waals surface area contributed by atoms with Gasteiger partial charge in [0.1, 0.15) is 0 Å². The van der Waals surface area contributed by atoms with Crippen LogP contribution < -0.4 is 5.32 Å². The maximum Gasteiger partial charge on any atom is 0.317 e. The summed E-state index contributed by atoms with van der Waals surface area (Å²) in [5.74, 6) is 0. The van der Waals surface area contributed by atoms with Crippen LogP contribution in [0.1, 0.15) is 44.6 Å². The van der Waals surface area contributed by atoms with Gasteiger partial charge in [0.05, 0.1) is 6.10 Å². The number of benzene rings is 1. The molecule has 0 spiro atoms. The summed E-state index contributed by atoms with van der Waals surface area (Å²) in [7, 11) is 0. The van der Waals surface area contributed by atoms with E-state index in [2.05, 4.69) is 47.5 Å². The van der Waals surface area contributed by atoms with Gasteiger partial charge in [-0.3, -0.25) is 0 Å². The van der Waals surface area contributed by atoms with E-state index in [9.17, 15) is 4.79 Å². The lowest BCUT2D eigenvalue weighted by molar-refractivity contribution is 0.00948. The topological polar surface area (TPSA) is 44.8 Å². The van der Waals surface area contributed by atoms with Crippen LogP contribution in [0, 0.1) is 0 Å². The Morgan fingerprint density at radius 1 is 1.15 bits per heavy atom. The highest BCUT2D eigenvalue weighted by Crippen LogP contribution is 2.16. The predicted octanol–water partition coefficient (Wildman–Crippen LogP) is 3.29. The first-order chi connectivity index (χ1) is 13.2. The summed E-state index contributed by atoms with van der Waals surface area (Å²) in [5, 5.41) is 3.26. The first kappa shape index (κ1) is 20.2. The van der Waals surface area contributed by atoms with E-state index < -0.39 is 0 Å². The van der Waals surface area contributed by atoms with E-state index in [0.717, 1.165) is 77.9 Å². The molecule has 27 heavy (non-hydrogen) atoms. The van der Waals surface area contributed by atoms with Crippen LogP contribution in [0.4, 0.5) is 4.79 Å². The summed E-state index contributed by atoms with van der Waals surface area (Å²) in [6, 6.07) is 11.1. The summed E-state index contributed by atoms with van der Waals surface area (Å²) in [6.07, 6.45) is 6.55. The molecule has 2 fully saturated rings. The molecule has 2 aliphatic rings. The molecule has 150 valence electrons. The van der Waals surface area contributed by atoms with Crippen LogP contribution in [0.3, 0.4) is 0 Å². The highest BCUT2D eigenvalue weighted by atomic mass is 16.5. The number of rotatable bonds is 7. The highest BCUT2D eigenvalue weighted by Gasteiger charge is 2.27. The van der Waals surface area contributed by atoms with Crippen molar-refractivity contribution in [3.63, 3.8) is 0 Å². The lowest BCUT2D eigenvalue weighted by Gasteiger charge is -2.36. The van der Waals surface area contributed by atoms with Crippen molar-refractivity contribution in [2.75, 3.05) is 39.3 Å². The molecule has 0 radical (unpaired) electrons. The van der Waals surface area contributed by atoms with Crippen LogP contribution >= 0.6 is 0 Å². The van der Waals surface area contributed by atoms with Gasteiger partial charge in [0.2, 0.25) is 0 Å². The molecule has 1 atom stereocenters. The molecule has 1 N–H and O–H groups in total. The molecule has 2 heterocycles. The maximum absolute atomic E-state index is 12.6. The Labute approximate surface area is 164 Å². The summed E-state index contributed by atoms with van der Waals surface area (Å²) in [4.78, 5) is 17.1. The van der Waals surface area contributed by atoms with E-state index in [1.807, 2.05) is 4.90 Å². The average molecular weight is 374 g/mol. The molecule has 2 amide bonds. The Bertz CT molecular complexity index is 558. The highest BCUT2D eigenvalue weighted by molar-refractivity contribution is 5.74. The second-order valence-electron chi connectivity index (χ2n) is 7.88. The number of hydrogen-bond acceptors (Lipinski definition) is 3. The first-order valence-corrected chi connectivity index (χ1v) is 10.7. The minimum absolute atomic E-state index is 0.0996. The molecule has 2 saturated heterocycles. The van der Waals surface area contributed by atoms with Crippen molar-refractivity contribution in [3.05, 3.63) is 35.9 Å². The normalized spacial score (nSPS) is 22.0. The average Bonchev–Trinajstić information content (AvgIpc) is 2.72. The van der Waals surface area contributed by atoms with E-state index in [0.29, 0.717) is 6.04 Å². The van der Waals surface area contributed by atoms with Crippen LogP contribution in [0.25, 0.3) is 0 Å². The summed E-state index contributed by atoms with van der Waals surface area (Å²) >= 11 is 0. The standard InChI is InChI=1S/C22H35N3O2/c1-2-17-27-21-9-6-13-25(18-21)22(26)23-20-11-15-24(16-12-20)14-10-19-7-4-3-5-8-19/h3-5,7-8,20-21H,2,6,9-18H2,1H3,(H,23,26). The van der Waals surface area contributed by atoms with Gasteiger partial charge in [-0.05, 0) is 44.1 Å². The molecule has 0 aliphatic carbocycles. The van der Waals surface area contributed by atoms with Crippen LogP contribution in [0.2, 0.25) is 0 Å². The first-order valence-electron chi connectivity index (χ1n) is 10.7. The van der Waals surface area contributed by atoms with Gasteiger partial charge in [-0.2, -0.15) is 0 Å². The Balaban J connectivity index is 1.35. The van der Waals surface area contributed by atoms with Crippen molar-refractivity contribution in [1.82, 2.24) is 15.1 Å². The van der Waals surface area contributed by atoms with Crippen LogP contribution in [0.5, 0.6) is 0 Å². The number of carbonyl (C=O) groups is 1. The largest absolute Gasteiger partial charge is 0.376 e. The summed E-state index contributed by atoms with van der Waals surface area (Å²) in [5.41, 5.74) is 1.40. The molecule has 3 rings (SSSR count). The smallest absolute Gasteiger partial charge is 0.317 e. The third-order valence-corrected chi connectivity index (χ3v) is 5.70. The Hall–Kier alpha value is -1.59. The molecule has 1 unspecified atom stereocenters. The Morgan fingerprint density at radius 3 is 2.67 bits per heavy atom. The fourth-order valence-electron chi connectivity index (χ4n) is 4.04. The second-order valence-corrected chi connectivity index (χ2v) is 7.88. The molecule has 1 aromatic carbocycles. The van der Waals surface area contributed by atoms with Crippen molar-refractivity contribution >= 4 is 6.03 Å². The van der Waals surface area contributed by atoms with Gasteiger partial charge < -0.3 is 19.9 Å². The molecule has 5 heteroatoms. The molecule has 0 bridgehead atoms. The van der Waals surface area contributed by atoms with Crippen molar-refractivity contribution in [3.8, 4) is 0 Å². The van der Waals surface area contributed by atoms with Crippen LogP contribution in [-0.2, 0) is 11.2 Å². The number of hydrogen-bond donors (Lipinski definition) is 1. The third kappa shape index (κ3) is 6.51. The fraction of sp³-hybridized carbons (Fsp3) is 0.682. The van der Waals surface area contributed by atoms with E-state index in [4.69, 9.17) is 4.74 Å². The molecular weight excluding hydrogens is 338 g/mol. The molecular formula is C22H35N3O2. The lowest BCUT2D eigenvalue weighted by Crippen LogP contribution is -2.52. The zero-order chi connectivity index (χ0) is 18.9. The van der Waals surface area contributed by atoms with E-state index in [-0.39, 0.29) is 12.1 Å². The molecule has 1 aromatic rings. The van der Waals surface area contributed by atoms with Gasteiger partial charge >= 0.3 is 6.03 Å². The molecule has 0 saturated carbocycles. The number of nitrogens with one attached hydrogen (secondary N) is 1. The van der Waals surface area contributed by atoms with E-state index >= 15 is 0 Å². The molecule has 5 nitrogen and oxygen atoms in total. The Kier molecular flexibility index (Phi) is 7.96. The SMILES string of the molecule is CCCOC1CCCN(C(=O)NC2CCN(CCc3ccccc3)CC2)C1. The second kappa shape index (κ2) is 10.7. The molecule has 0 aromatic heterocycles. The van der Waals surface area contributed by atoms with E-state index in [1.165, 1.54) is 5.56 Å². The zero-order valence-electron chi connectivity index (χ0n) is 16.7. The predicted molar refractivity (Wildman–Crippen MR) is 109 cm³/mol. The number of ether oxygens (including phenoxy) is 1. The number of likely N-dealkylation sites (tertiary alicyclic amines) is 2. The van der Waals surface area contributed by atoms with E-state index in [1.54, 1.807) is 0 Å². The number of urea groups is 1. The van der Waals surface area contributed by atoms with Crippen molar-refractivity contribution < 1.29 is 9.53 Å². The monoisotopic (exact) mass is 373 g/mol. The Morgan fingerprint density at radius 2 is 1.93 bits per heavy atom. The minimum Gasteiger partial charge on any atom is -0.376 e. The van der Waals surface area contributed by atoms with Gasteiger partial charge in [-0.25, -0.2) is 4.79 Å². The number of carbonyl (C=O) groups excluding carboxylic acids is 1. The van der Waals surface area contributed by atoms with Gasteiger partial charge in [0.15, 0.2) is 0 Å². The van der Waals surface area contributed by atoms with Crippen molar-refractivity contribution in [1.29, 1.82) is 0 Å². The van der Waals surface area contributed by atoms with Crippen LogP contribution in [0.15, 0.2) is 30.3 Å². The summed E-state index contributed by atoms with van der Waals surface area (Å²) < 4.78 is 5.85. The van der Waals surface area contributed by atoms with Crippen LogP contribution in [-0.4, -0.2) is 67.3 Å². The van der Waals surface area contributed by atoms with Gasteiger partial charge in [-0.1, -0.05) is 37.3 Å². The molecule has 2 aliphatic heterocycles. The quantitative estimate of drug-likeness (QED) is 0.798. The fourth-order valence-corrected chi connectivity index (χ4v) is 4.04. The third-order valence-electron chi connectivity index (χ3n) is 5.70. The number of amides is 2. The van der Waals surface area contributed by atoms with Gasteiger partial charge in [-0.15, -0.1) is 0 Å². The van der Waals surface area contributed by atoms with Gasteiger partial charge in [0.25, 0.3) is 0 Å². The van der Waals surface area contributed by atoms with Crippen molar-refractivity contribution in [2.24, 2.45) is 0 Å². The summed E-state index contributed by atoms with van der Waals surface area (Å²) in [6.45, 7) is 7.75. The zero-order valence-corrected chi connectivity index (χ0v) is 16.7.